The molecule has 0 aliphatic carbocycles. The second-order valence-electron chi connectivity index (χ2n) is 9.39. The highest BCUT2D eigenvalue weighted by Crippen LogP contribution is 2.35. The average Bonchev–Trinajstić information content (AvgIpc) is 3.36. The minimum absolute atomic E-state index is 0.872. The second kappa shape index (κ2) is 8.72. The molecule has 4 aromatic carbocycles. The summed E-state index contributed by atoms with van der Waals surface area (Å²) in [7, 11) is 0. The van der Waals surface area contributed by atoms with Crippen molar-refractivity contribution in [2.24, 2.45) is 0 Å². The zero-order valence-corrected chi connectivity index (χ0v) is 20.5. The van der Waals surface area contributed by atoms with Crippen LogP contribution in [-0.4, -0.2) is 9.97 Å². The standard InChI is InChI=1S/C34H24N2O/c1-2-22-10-12-23(13-11-22)24-14-15-25-18-27(21-36-32(25)19-24)26-16-17-31(35-20-26)30-8-5-7-29-28-6-3-4-9-33(28)37-34(29)30/h3-21H,2H2,1H3. The molecule has 7 aromatic rings. The van der Waals surface area contributed by atoms with E-state index in [2.05, 4.69) is 91.9 Å². The first-order valence-electron chi connectivity index (χ1n) is 12.6. The minimum atomic E-state index is 0.872. The van der Waals surface area contributed by atoms with Crippen LogP contribution in [0.2, 0.25) is 0 Å². The smallest absolute Gasteiger partial charge is 0.144 e. The Hall–Kier alpha value is -4.76. The van der Waals surface area contributed by atoms with Crippen molar-refractivity contribution >= 4 is 32.8 Å². The maximum atomic E-state index is 6.20. The van der Waals surface area contributed by atoms with E-state index < -0.39 is 0 Å². The largest absolute Gasteiger partial charge is 0.455 e. The Kier molecular flexibility index (Phi) is 5.07. The van der Waals surface area contributed by atoms with Gasteiger partial charge >= 0.3 is 0 Å². The lowest BCUT2D eigenvalue weighted by Crippen LogP contribution is -1.88. The Morgan fingerprint density at radius 3 is 2.24 bits per heavy atom. The van der Waals surface area contributed by atoms with Crippen LogP contribution in [0.25, 0.3) is 66.4 Å². The molecule has 0 unspecified atom stereocenters. The Labute approximate surface area is 215 Å². The monoisotopic (exact) mass is 476 g/mol. The molecular formula is C34H24N2O. The van der Waals surface area contributed by atoms with E-state index in [4.69, 9.17) is 14.4 Å². The van der Waals surface area contributed by atoms with Gasteiger partial charge in [-0.3, -0.25) is 9.97 Å². The fourth-order valence-corrected chi connectivity index (χ4v) is 5.06. The number of hydrogen-bond acceptors (Lipinski definition) is 3. The first-order chi connectivity index (χ1) is 18.3. The van der Waals surface area contributed by atoms with Crippen molar-refractivity contribution in [3.63, 3.8) is 0 Å². The molecule has 0 N–H and O–H groups in total. The molecule has 0 amide bonds. The number of hydrogen-bond donors (Lipinski definition) is 0. The predicted molar refractivity (Wildman–Crippen MR) is 153 cm³/mol. The van der Waals surface area contributed by atoms with Gasteiger partial charge in [-0.15, -0.1) is 0 Å². The highest BCUT2D eigenvalue weighted by atomic mass is 16.3. The summed E-state index contributed by atoms with van der Waals surface area (Å²) in [6, 6.07) is 36.0. The minimum Gasteiger partial charge on any atom is -0.455 e. The molecule has 176 valence electrons. The Bertz CT molecular complexity index is 1900. The van der Waals surface area contributed by atoms with Gasteiger partial charge in [0.1, 0.15) is 11.2 Å². The number of aryl methyl sites for hydroxylation is 1. The molecule has 0 aliphatic heterocycles. The number of nitrogens with zero attached hydrogens (tertiary/aromatic N) is 2. The SMILES string of the molecule is CCc1ccc(-c2ccc3cc(-c4ccc(-c5cccc6c5oc5ccccc56)nc4)cnc3c2)cc1. The molecule has 0 saturated heterocycles. The number of fused-ring (bicyclic) bond motifs is 4. The van der Waals surface area contributed by atoms with Crippen LogP contribution in [0.4, 0.5) is 0 Å². The summed E-state index contributed by atoms with van der Waals surface area (Å²) < 4.78 is 6.20. The summed E-state index contributed by atoms with van der Waals surface area (Å²) in [5.74, 6) is 0. The molecule has 0 spiro atoms. The van der Waals surface area contributed by atoms with Gasteiger partial charge in [-0.05, 0) is 53.4 Å². The molecule has 0 aliphatic rings. The fourth-order valence-electron chi connectivity index (χ4n) is 5.06. The molecule has 0 saturated carbocycles. The van der Waals surface area contributed by atoms with Gasteiger partial charge in [0, 0.05) is 45.2 Å². The third-order valence-corrected chi connectivity index (χ3v) is 7.16. The summed E-state index contributed by atoms with van der Waals surface area (Å²) in [6.45, 7) is 2.18. The molecule has 3 aromatic heterocycles. The number of benzene rings is 4. The molecule has 37 heavy (non-hydrogen) atoms. The summed E-state index contributed by atoms with van der Waals surface area (Å²) in [5, 5.41) is 3.35. The van der Waals surface area contributed by atoms with E-state index >= 15 is 0 Å². The van der Waals surface area contributed by atoms with Crippen molar-refractivity contribution in [2.75, 3.05) is 0 Å². The van der Waals surface area contributed by atoms with Gasteiger partial charge in [-0.1, -0.05) is 79.7 Å². The summed E-state index contributed by atoms with van der Waals surface area (Å²) in [5.41, 5.74) is 10.5. The molecule has 3 heteroatoms. The first kappa shape index (κ1) is 21.5. The van der Waals surface area contributed by atoms with E-state index in [9.17, 15) is 0 Å². The molecule has 0 fully saturated rings. The first-order valence-corrected chi connectivity index (χ1v) is 12.6. The van der Waals surface area contributed by atoms with Crippen molar-refractivity contribution in [1.82, 2.24) is 9.97 Å². The Morgan fingerprint density at radius 2 is 1.41 bits per heavy atom. The lowest BCUT2D eigenvalue weighted by atomic mass is 10.0. The number of pyridine rings is 2. The fraction of sp³-hybridized carbons (Fsp3) is 0.0588. The Balaban J connectivity index is 1.21. The van der Waals surface area contributed by atoms with Gasteiger partial charge in [-0.2, -0.15) is 0 Å². The highest BCUT2D eigenvalue weighted by Gasteiger charge is 2.13. The maximum Gasteiger partial charge on any atom is 0.144 e. The van der Waals surface area contributed by atoms with Gasteiger partial charge < -0.3 is 4.42 Å². The second-order valence-corrected chi connectivity index (χ2v) is 9.39. The van der Waals surface area contributed by atoms with Crippen molar-refractivity contribution in [2.45, 2.75) is 13.3 Å². The summed E-state index contributed by atoms with van der Waals surface area (Å²) >= 11 is 0. The van der Waals surface area contributed by atoms with Gasteiger partial charge in [0.05, 0.1) is 11.2 Å². The summed E-state index contributed by atoms with van der Waals surface area (Å²) in [6.07, 6.45) is 4.90. The van der Waals surface area contributed by atoms with Crippen LogP contribution in [0.5, 0.6) is 0 Å². The van der Waals surface area contributed by atoms with Crippen molar-refractivity contribution < 1.29 is 4.42 Å². The topological polar surface area (TPSA) is 38.9 Å². The molecule has 0 radical (unpaired) electrons. The van der Waals surface area contributed by atoms with Gasteiger partial charge in [0.15, 0.2) is 0 Å². The third-order valence-electron chi connectivity index (χ3n) is 7.16. The van der Waals surface area contributed by atoms with Crippen LogP contribution < -0.4 is 0 Å². The maximum absolute atomic E-state index is 6.20. The van der Waals surface area contributed by atoms with Crippen molar-refractivity contribution in [3.05, 3.63) is 121 Å². The molecule has 7 rings (SSSR count). The Morgan fingerprint density at radius 1 is 0.622 bits per heavy atom. The van der Waals surface area contributed by atoms with Crippen LogP contribution in [0.1, 0.15) is 12.5 Å². The lowest BCUT2D eigenvalue weighted by molar-refractivity contribution is 0.670. The van der Waals surface area contributed by atoms with Gasteiger partial charge in [-0.25, -0.2) is 0 Å². The van der Waals surface area contributed by atoms with Crippen LogP contribution in [0.3, 0.4) is 0 Å². The number of furan rings is 1. The molecule has 0 bridgehead atoms. The van der Waals surface area contributed by atoms with Gasteiger partial charge in [0.2, 0.25) is 0 Å². The molecule has 3 heterocycles. The number of rotatable bonds is 4. The van der Waals surface area contributed by atoms with E-state index in [1.165, 1.54) is 16.7 Å². The third kappa shape index (κ3) is 3.76. The predicted octanol–water partition coefficient (Wildman–Crippen LogP) is 9.09. The number of aromatic nitrogens is 2. The zero-order chi connectivity index (χ0) is 24.8. The highest BCUT2D eigenvalue weighted by molar-refractivity contribution is 6.09. The van der Waals surface area contributed by atoms with Crippen LogP contribution in [-0.2, 0) is 6.42 Å². The van der Waals surface area contributed by atoms with E-state index in [1.807, 2.05) is 30.6 Å². The van der Waals surface area contributed by atoms with Crippen LogP contribution in [0.15, 0.2) is 120 Å². The summed E-state index contributed by atoms with van der Waals surface area (Å²) in [4.78, 5) is 9.59. The van der Waals surface area contributed by atoms with Crippen LogP contribution >= 0.6 is 0 Å². The van der Waals surface area contributed by atoms with Gasteiger partial charge in [0.25, 0.3) is 0 Å². The van der Waals surface area contributed by atoms with Crippen molar-refractivity contribution in [3.8, 4) is 33.5 Å². The van der Waals surface area contributed by atoms with E-state index in [-0.39, 0.29) is 0 Å². The van der Waals surface area contributed by atoms with E-state index in [0.29, 0.717) is 0 Å². The molecule has 0 atom stereocenters. The molecule has 3 nitrogen and oxygen atoms in total. The normalized spacial score (nSPS) is 11.5. The van der Waals surface area contributed by atoms with Crippen molar-refractivity contribution in [1.29, 1.82) is 0 Å². The lowest BCUT2D eigenvalue weighted by Gasteiger charge is -2.08. The van der Waals surface area contributed by atoms with Crippen LogP contribution in [0, 0.1) is 0 Å². The van der Waals surface area contributed by atoms with E-state index in [1.54, 1.807) is 0 Å². The zero-order valence-electron chi connectivity index (χ0n) is 20.5. The average molecular weight is 477 g/mol. The molecular weight excluding hydrogens is 452 g/mol. The van der Waals surface area contributed by atoms with E-state index in [0.717, 1.165) is 61.6 Å². The number of para-hydroxylation sites is 2. The quantitative estimate of drug-likeness (QED) is 0.254.